The van der Waals surface area contributed by atoms with Crippen molar-refractivity contribution in [1.29, 1.82) is 0 Å². The van der Waals surface area contributed by atoms with Gasteiger partial charge in [0.2, 0.25) is 6.10 Å². The summed E-state index contributed by atoms with van der Waals surface area (Å²) in [6.07, 6.45) is -1.26. The van der Waals surface area contributed by atoms with E-state index in [1.807, 2.05) is 6.92 Å². The predicted octanol–water partition coefficient (Wildman–Crippen LogP) is 4.26. The van der Waals surface area contributed by atoms with Crippen LogP contribution in [0.4, 0.5) is 5.69 Å². The van der Waals surface area contributed by atoms with E-state index in [0.717, 1.165) is 10.5 Å². The lowest BCUT2D eigenvalue weighted by molar-refractivity contribution is -0.153. The number of carbonyl (C=O) groups excluding carboxylic acids is 4. The first-order valence-electron chi connectivity index (χ1n) is 10.4. The minimum atomic E-state index is -1.26. The smallest absolute Gasteiger partial charge is 0.352 e. The van der Waals surface area contributed by atoms with Crippen LogP contribution in [-0.2, 0) is 14.3 Å². The molecule has 2 amide bonds. The summed E-state index contributed by atoms with van der Waals surface area (Å²) < 4.78 is 10.5. The third-order valence-electron chi connectivity index (χ3n) is 5.24. The van der Waals surface area contributed by atoms with E-state index in [-0.39, 0.29) is 23.3 Å². The number of amides is 2. The van der Waals surface area contributed by atoms with Gasteiger partial charge in [0.15, 0.2) is 0 Å². The average Bonchev–Trinajstić information content (AvgIpc) is 3.08. The summed E-state index contributed by atoms with van der Waals surface area (Å²) in [4.78, 5) is 52.2. The first kappa shape index (κ1) is 22.0. The van der Waals surface area contributed by atoms with E-state index in [0.29, 0.717) is 11.3 Å². The molecule has 3 aromatic rings. The molecule has 1 aliphatic heterocycles. The van der Waals surface area contributed by atoms with Crippen LogP contribution in [0.5, 0.6) is 0 Å². The van der Waals surface area contributed by atoms with Crippen molar-refractivity contribution in [2.24, 2.45) is 0 Å². The minimum absolute atomic E-state index is 0.0471. The molecule has 0 radical (unpaired) electrons. The highest BCUT2D eigenvalue weighted by Gasteiger charge is 2.37. The number of aryl methyl sites for hydroxylation is 1. The maximum absolute atomic E-state index is 13.0. The molecule has 166 valence electrons. The predicted molar refractivity (Wildman–Crippen MR) is 120 cm³/mol. The van der Waals surface area contributed by atoms with Crippen LogP contribution in [-0.4, -0.2) is 30.4 Å². The summed E-state index contributed by atoms with van der Waals surface area (Å²) in [7, 11) is 0. The number of hydrogen-bond acceptors (Lipinski definition) is 6. The Kier molecular flexibility index (Phi) is 6.04. The summed E-state index contributed by atoms with van der Waals surface area (Å²) in [5.41, 5.74) is 2.25. The number of esters is 2. The van der Waals surface area contributed by atoms with Crippen LogP contribution in [0.25, 0.3) is 0 Å². The fourth-order valence-corrected chi connectivity index (χ4v) is 3.57. The maximum Gasteiger partial charge on any atom is 0.352 e. The number of nitrogens with zero attached hydrogens (tertiary/aromatic N) is 1. The number of benzene rings is 3. The zero-order valence-electron chi connectivity index (χ0n) is 18.1. The molecule has 0 fully saturated rings. The zero-order chi connectivity index (χ0) is 23.5. The molecule has 0 spiro atoms. The van der Waals surface area contributed by atoms with E-state index in [2.05, 4.69) is 0 Å². The number of hydrogen-bond donors (Lipinski definition) is 0. The van der Waals surface area contributed by atoms with E-state index >= 15 is 0 Å². The van der Waals surface area contributed by atoms with Crippen molar-refractivity contribution in [3.8, 4) is 0 Å². The maximum atomic E-state index is 13.0. The minimum Gasteiger partial charge on any atom is -0.463 e. The second-order valence-electron chi connectivity index (χ2n) is 7.49. The molecule has 0 aromatic heterocycles. The van der Waals surface area contributed by atoms with Gasteiger partial charge in [-0.15, -0.1) is 0 Å². The molecule has 7 nitrogen and oxygen atoms in total. The molecule has 3 aromatic carbocycles. The van der Waals surface area contributed by atoms with E-state index in [4.69, 9.17) is 9.47 Å². The lowest BCUT2D eigenvalue weighted by atomic mass is 10.1. The Morgan fingerprint density at radius 3 is 2.21 bits per heavy atom. The fraction of sp³-hybridized carbons (Fsp3) is 0.154. The molecule has 0 bridgehead atoms. The SMILES string of the molecule is CCOC(=O)C(OC(=O)c1ccc2c(c1)C(=O)N(c1ccc(C)cc1)C2=O)c1ccccc1. The van der Waals surface area contributed by atoms with Gasteiger partial charge < -0.3 is 9.47 Å². The second kappa shape index (κ2) is 9.08. The van der Waals surface area contributed by atoms with Gasteiger partial charge in [0, 0.05) is 5.56 Å². The molecule has 1 unspecified atom stereocenters. The first-order chi connectivity index (χ1) is 15.9. The number of ether oxygens (including phenoxy) is 2. The number of imide groups is 1. The average molecular weight is 443 g/mol. The van der Waals surface area contributed by atoms with Gasteiger partial charge in [-0.1, -0.05) is 48.0 Å². The normalized spacial score (nSPS) is 13.5. The second-order valence-corrected chi connectivity index (χ2v) is 7.49. The van der Waals surface area contributed by atoms with Crippen molar-refractivity contribution in [2.75, 3.05) is 11.5 Å². The van der Waals surface area contributed by atoms with Gasteiger partial charge in [-0.3, -0.25) is 9.59 Å². The fourth-order valence-electron chi connectivity index (χ4n) is 3.57. The van der Waals surface area contributed by atoms with E-state index < -0.39 is 29.9 Å². The van der Waals surface area contributed by atoms with Crippen LogP contribution in [0, 0.1) is 6.92 Å². The highest BCUT2D eigenvalue weighted by atomic mass is 16.6. The standard InChI is InChI=1S/C26H21NO6/c1-3-32-26(31)22(17-7-5-4-6-8-17)33-25(30)18-11-14-20-21(15-18)24(29)27(23(20)28)19-12-9-16(2)10-13-19/h4-15,22H,3H2,1-2H3. The number of rotatable bonds is 6. The van der Waals surface area contributed by atoms with Gasteiger partial charge in [-0.2, -0.15) is 0 Å². The van der Waals surface area contributed by atoms with Crippen LogP contribution in [0.2, 0.25) is 0 Å². The molecule has 33 heavy (non-hydrogen) atoms. The van der Waals surface area contributed by atoms with Crippen LogP contribution in [0.1, 0.15) is 55.2 Å². The molecular formula is C26H21NO6. The summed E-state index contributed by atoms with van der Waals surface area (Å²) in [6.45, 7) is 3.69. The molecule has 0 aliphatic carbocycles. The Morgan fingerprint density at radius 2 is 1.55 bits per heavy atom. The largest absolute Gasteiger partial charge is 0.463 e. The summed E-state index contributed by atoms with van der Waals surface area (Å²) in [5, 5.41) is 0. The molecule has 1 heterocycles. The Balaban J connectivity index is 1.61. The van der Waals surface area contributed by atoms with Gasteiger partial charge in [0.25, 0.3) is 11.8 Å². The number of anilines is 1. The molecule has 1 atom stereocenters. The van der Waals surface area contributed by atoms with Crippen LogP contribution in [0.15, 0.2) is 72.8 Å². The van der Waals surface area contributed by atoms with Crippen molar-refractivity contribution in [2.45, 2.75) is 20.0 Å². The van der Waals surface area contributed by atoms with E-state index in [1.165, 1.54) is 18.2 Å². The summed E-state index contributed by atoms with van der Waals surface area (Å²) >= 11 is 0. The Hall–Kier alpha value is -4.26. The highest BCUT2D eigenvalue weighted by molar-refractivity contribution is 6.34. The molecule has 1 aliphatic rings. The zero-order valence-corrected chi connectivity index (χ0v) is 18.1. The van der Waals surface area contributed by atoms with Crippen molar-refractivity contribution >= 4 is 29.4 Å². The van der Waals surface area contributed by atoms with Crippen molar-refractivity contribution < 1.29 is 28.7 Å². The number of fused-ring (bicyclic) bond motifs is 1. The Bertz CT molecular complexity index is 1230. The third kappa shape index (κ3) is 4.25. The van der Waals surface area contributed by atoms with E-state index in [9.17, 15) is 19.2 Å². The topological polar surface area (TPSA) is 90.0 Å². The molecule has 7 heteroatoms. The van der Waals surface area contributed by atoms with Crippen molar-refractivity contribution in [3.05, 3.63) is 101 Å². The van der Waals surface area contributed by atoms with Crippen molar-refractivity contribution in [3.63, 3.8) is 0 Å². The van der Waals surface area contributed by atoms with Gasteiger partial charge in [0.05, 0.1) is 29.0 Å². The molecular weight excluding hydrogens is 422 g/mol. The monoisotopic (exact) mass is 443 g/mol. The summed E-state index contributed by atoms with van der Waals surface area (Å²) in [5.74, 6) is -2.50. The van der Waals surface area contributed by atoms with Crippen LogP contribution < -0.4 is 4.90 Å². The van der Waals surface area contributed by atoms with Gasteiger partial charge in [0.1, 0.15) is 0 Å². The molecule has 0 N–H and O–H groups in total. The Labute approximate surface area is 190 Å². The summed E-state index contributed by atoms with van der Waals surface area (Å²) in [6, 6.07) is 19.6. The molecule has 4 rings (SSSR count). The lowest BCUT2D eigenvalue weighted by Gasteiger charge is -2.17. The van der Waals surface area contributed by atoms with Gasteiger partial charge in [-0.05, 0) is 44.2 Å². The number of carbonyl (C=O) groups is 4. The third-order valence-corrected chi connectivity index (χ3v) is 5.24. The first-order valence-corrected chi connectivity index (χ1v) is 10.4. The van der Waals surface area contributed by atoms with Crippen molar-refractivity contribution in [1.82, 2.24) is 0 Å². The quantitative estimate of drug-likeness (QED) is 0.418. The highest BCUT2D eigenvalue weighted by Crippen LogP contribution is 2.30. The van der Waals surface area contributed by atoms with Gasteiger partial charge >= 0.3 is 11.9 Å². The van der Waals surface area contributed by atoms with Gasteiger partial charge in [-0.25, -0.2) is 14.5 Å². The van der Waals surface area contributed by atoms with Crippen LogP contribution >= 0.6 is 0 Å². The van der Waals surface area contributed by atoms with Crippen LogP contribution in [0.3, 0.4) is 0 Å². The lowest BCUT2D eigenvalue weighted by Crippen LogP contribution is -2.29. The van der Waals surface area contributed by atoms with E-state index in [1.54, 1.807) is 61.5 Å². The molecule has 0 saturated carbocycles. The molecule has 0 saturated heterocycles. The Morgan fingerprint density at radius 1 is 0.879 bits per heavy atom.